The number of methoxy groups -OCH3 is 1. The molecule has 96 valence electrons. The molecule has 1 aromatic carbocycles. The van der Waals surface area contributed by atoms with Crippen LogP contribution in [0.25, 0.3) is 0 Å². The molecule has 0 fully saturated rings. The fourth-order valence-electron chi connectivity index (χ4n) is 2.17. The first-order valence-corrected chi connectivity index (χ1v) is 6.48. The van der Waals surface area contributed by atoms with E-state index in [2.05, 4.69) is 51.2 Å². The van der Waals surface area contributed by atoms with Crippen LogP contribution in [0.1, 0.15) is 38.8 Å². The molecule has 0 saturated heterocycles. The molecule has 0 radical (unpaired) electrons. The fraction of sp³-hybridized carbons (Fsp3) is 0.600. The van der Waals surface area contributed by atoms with Gasteiger partial charge in [0.2, 0.25) is 0 Å². The zero-order valence-corrected chi connectivity index (χ0v) is 11.7. The highest BCUT2D eigenvalue weighted by Gasteiger charge is 2.09. The highest BCUT2D eigenvalue weighted by Crippen LogP contribution is 2.21. The first-order chi connectivity index (χ1) is 8.06. The molecule has 1 rings (SSSR count). The van der Waals surface area contributed by atoms with Crippen molar-refractivity contribution in [2.24, 2.45) is 0 Å². The highest BCUT2D eigenvalue weighted by atomic mass is 16.5. The number of nitrogens with one attached hydrogen (secondary N) is 1. The Morgan fingerprint density at radius 3 is 2.47 bits per heavy atom. The standard InChI is InChI=1S/C15H25NO/c1-6-13-7-8-15(17-5)14(10-13)9-12(4)16-11(2)3/h7-8,10-12,16H,6,9H2,1-5H3. The van der Waals surface area contributed by atoms with Gasteiger partial charge in [0.25, 0.3) is 0 Å². The number of aryl methyl sites for hydroxylation is 1. The summed E-state index contributed by atoms with van der Waals surface area (Å²) in [5.41, 5.74) is 2.67. The molecule has 0 amide bonds. The van der Waals surface area contributed by atoms with E-state index < -0.39 is 0 Å². The lowest BCUT2D eigenvalue weighted by Crippen LogP contribution is -2.33. The SMILES string of the molecule is CCc1ccc(OC)c(CC(C)NC(C)C)c1. The summed E-state index contributed by atoms with van der Waals surface area (Å²) in [5.74, 6) is 1.000. The molecule has 1 aromatic rings. The van der Waals surface area contributed by atoms with Crippen molar-refractivity contribution in [2.45, 2.75) is 52.6 Å². The van der Waals surface area contributed by atoms with Gasteiger partial charge in [-0.15, -0.1) is 0 Å². The third kappa shape index (κ3) is 4.39. The first-order valence-electron chi connectivity index (χ1n) is 6.48. The summed E-state index contributed by atoms with van der Waals surface area (Å²) < 4.78 is 5.42. The fourth-order valence-corrected chi connectivity index (χ4v) is 2.17. The Labute approximate surface area is 105 Å². The molecule has 17 heavy (non-hydrogen) atoms. The zero-order chi connectivity index (χ0) is 12.8. The summed E-state index contributed by atoms with van der Waals surface area (Å²) in [6.45, 7) is 8.76. The molecule has 1 unspecified atom stereocenters. The van der Waals surface area contributed by atoms with E-state index in [1.54, 1.807) is 7.11 Å². The number of hydrogen-bond acceptors (Lipinski definition) is 2. The molecule has 2 heteroatoms. The first kappa shape index (κ1) is 14.0. The quantitative estimate of drug-likeness (QED) is 0.817. The molecule has 1 N–H and O–H groups in total. The summed E-state index contributed by atoms with van der Waals surface area (Å²) in [6, 6.07) is 7.47. The van der Waals surface area contributed by atoms with Crippen molar-refractivity contribution in [3.63, 3.8) is 0 Å². The maximum Gasteiger partial charge on any atom is 0.122 e. The summed E-state index contributed by atoms with van der Waals surface area (Å²) in [4.78, 5) is 0. The lowest BCUT2D eigenvalue weighted by Gasteiger charge is -2.18. The molecule has 0 aliphatic heterocycles. The van der Waals surface area contributed by atoms with Gasteiger partial charge >= 0.3 is 0 Å². The minimum absolute atomic E-state index is 0.469. The van der Waals surface area contributed by atoms with Crippen LogP contribution in [0.4, 0.5) is 0 Å². The van der Waals surface area contributed by atoms with Gasteiger partial charge in [0.05, 0.1) is 7.11 Å². The van der Waals surface area contributed by atoms with Crippen LogP contribution in [0.5, 0.6) is 5.75 Å². The van der Waals surface area contributed by atoms with E-state index in [0.29, 0.717) is 12.1 Å². The molecule has 0 aromatic heterocycles. The van der Waals surface area contributed by atoms with Gasteiger partial charge in [-0.3, -0.25) is 0 Å². The predicted octanol–water partition coefficient (Wildman–Crippen LogP) is 3.19. The van der Waals surface area contributed by atoms with E-state index >= 15 is 0 Å². The normalized spacial score (nSPS) is 12.8. The molecule has 0 saturated carbocycles. The van der Waals surface area contributed by atoms with Crippen LogP contribution in [-0.4, -0.2) is 19.2 Å². The van der Waals surface area contributed by atoms with Crippen LogP contribution in [0.2, 0.25) is 0 Å². The number of benzene rings is 1. The van der Waals surface area contributed by atoms with Gasteiger partial charge in [0.1, 0.15) is 5.75 Å². The molecule has 0 aliphatic carbocycles. The van der Waals surface area contributed by atoms with Gasteiger partial charge in [0.15, 0.2) is 0 Å². The van der Waals surface area contributed by atoms with Crippen LogP contribution in [0.15, 0.2) is 18.2 Å². The van der Waals surface area contributed by atoms with E-state index in [1.807, 2.05) is 0 Å². The van der Waals surface area contributed by atoms with Gasteiger partial charge in [-0.2, -0.15) is 0 Å². The molecular weight excluding hydrogens is 210 g/mol. The minimum Gasteiger partial charge on any atom is -0.496 e. The number of rotatable bonds is 6. The van der Waals surface area contributed by atoms with Crippen LogP contribution in [0.3, 0.4) is 0 Å². The van der Waals surface area contributed by atoms with Crippen LogP contribution in [0, 0.1) is 0 Å². The van der Waals surface area contributed by atoms with Crippen LogP contribution in [-0.2, 0) is 12.8 Å². The maximum atomic E-state index is 5.42. The van der Waals surface area contributed by atoms with Crippen LogP contribution < -0.4 is 10.1 Å². The molecule has 1 atom stereocenters. The Hall–Kier alpha value is -1.02. The zero-order valence-electron chi connectivity index (χ0n) is 11.7. The van der Waals surface area contributed by atoms with E-state index in [0.717, 1.165) is 18.6 Å². The van der Waals surface area contributed by atoms with Crippen LogP contribution >= 0.6 is 0 Å². The second kappa shape index (κ2) is 6.65. The minimum atomic E-state index is 0.469. The lowest BCUT2D eigenvalue weighted by atomic mass is 10.0. The Kier molecular flexibility index (Phi) is 5.49. The highest BCUT2D eigenvalue weighted by molar-refractivity contribution is 5.37. The number of ether oxygens (including phenoxy) is 1. The van der Waals surface area contributed by atoms with Gasteiger partial charge in [-0.1, -0.05) is 32.9 Å². The molecule has 0 aliphatic rings. The summed E-state index contributed by atoms with van der Waals surface area (Å²) in [5, 5.41) is 3.52. The third-order valence-electron chi connectivity index (χ3n) is 2.90. The van der Waals surface area contributed by atoms with Crippen molar-refractivity contribution in [1.29, 1.82) is 0 Å². The molecule has 0 bridgehead atoms. The summed E-state index contributed by atoms with van der Waals surface area (Å²) in [6.07, 6.45) is 2.08. The van der Waals surface area contributed by atoms with E-state index in [9.17, 15) is 0 Å². The van der Waals surface area contributed by atoms with Gasteiger partial charge < -0.3 is 10.1 Å². The Balaban J connectivity index is 2.80. The van der Waals surface area contributed by atoms with E-state index in [4.69, 9.17) is 4.74 Å². The molecule has 2 nitrogen and oxygen atoms in total. The van der Waals surface area contributed by atoms with Gasteiger partial charge in [-0.05, 0) is 37.0 Å². The topological polar surface area (TPSA) is 21.3 Å². The van der Waals surface area contributed by atoms with Crippen molar-refractivity contribution in [1.82, 2.24) is 5.32 Å². The largest absolute Gasteiger partial charge is 0.496 e. The van der Waals surface area contributed by atoms with E-state index in [-0.39, 0.29) is 0 Å². The maximum absolute atomic E-state index is 5.42. The smallest absolute Gasteiger partial charge is 0.122 e. The Morgan fingerprint density at radius 1 is 1.24 bits per heavy atom. The monoisotopic (exact) mass is 235 g/mol. The Morgan fingerprint density at radius 2 is 1.94 bits per heavy atom. The summed E-state index contributed by atoms with van der Waals surface area (Å²) >= 11 is 0. The Bertz CT molecular complexity index is 347. The molecular formula is C15H25NO. The van der Waals surface area contributed by atoms with E-state index in [1.165, 1.54) is 11.1 Å². The van der Waals surface area contributed by atoms with Crippen molar-refractivity contribution in [3.05, 3.63) is 29.3 Å². The number of hydrogen-bond donors (Lipinski definition) is 1. The summed E-state index contributed by atoms with van der Waals surface area (Å²) in [7, 11) is 1.74. The molecule has 0 heterocycles. The van der Waals surface area contributed by atoms with Gasteiger partial charge in [0, 0.05) is 12.1 Å². The van der Waals surface area contributed by atoms with Crippen molar-refractivity contribution < 1.29 is 4.74 Å². The van der Waals surface area contributed by atoms with Crippen molar-refractivity contribution in [2.75, 3.05) is 7.11 Å². The average Bonchev–Trinajstić information content (AvgIpc) is 2.27. The third-order valence-corrected chi connectivity index (χ3v) is 2.90. The predicted molar refractivity (Wildman–Crippen MR) is 73.8 cm³/mol. The van der Waals surface area contributed by atoms with Crippen molar-refractivity contribution >= 4 is 0 Å². The second-order valence-corrected chi connectivity index (χ2v) is 4.93. The molecule has 0 spiro atoms. The lowest BCUT2D eigenvalue weighted by molar-refractivity contribution is 0.403. The second-order valence-electron chi connectivity index (χ2n) is 4.93. The van der Waals surface area contributed by atoms with Gasteiger partial charge in [-0.25, -0.2) is 0 Å². The van der Waals surface area contributed by atoms with Crippen molar-refractivity contribution in [3.8, 4) is 5.75 Å². The average molecular weight is 235 g/mol.